The lowest BCUT2D eigenvalue weighted by Crippen LogP contribution is -2.06. The van der Waals surface area contributed by atoms with E-state index in [9.17, 15) is 4.79 Å². The molecule has 0 radical (unpaired) electrons. The summed E-state index contributed by atoms with van der Waals surface area (Å²) in [6.45, 7) is 3.93. The minimum Gasteiger partial charge on any atom is -0.437 e. The Kier molecular flexibility index (Phi) is 2.72. The molecule has 1 N–H and O–H groups in total. The number of rotatable bonds is 2. The van der Waals surface area contributed by atoms with Gasteiger partial charge in [0.1, 0.15) is 5.75 Å². The Bertz CT molecular complexity index is 520. The standard InChI is InChI=1S/C12H12N2O2/c1-8-4-3-5-9(2)12(8)16-11-7-6-10(15)13-14-11/h3-7H,1-2H3,(H,13,15). The second-order valence-electron chi connectivity index (χ2n) is 3.58. The zero-order chi connectivity index (χ0) is 11.5. The third-order valence-electron chi connectivity index (χ3n) is 2.27. The molecule has 2 rings (SSSR count). The molecule has 4 nitrogen and oxygen atoms in total. The van der Waals surface area contributed by atoms with Gasteiger partial charge in [0.2, 0.25) is 5.88 Å². The maximum absolute atomic E-state index is 10.8. The van der Waals surface area contributed by atoms with Gasteiger partial charge in [0.25, 0.3) is 5.56 Å². The van der Waals surface area contributed by atoms with Crippen LogP contribution in [0.4, 0.5) is 0 Å². The number of ether oxygens (including phenoxy) is 1. The lowest BCUT2D eigenvalue weighted by molar-refractivity contribution is 0.447. The Hall–Kier alpha value is -2.10. The Morgan fingerprint density at radius 3 is 2.38 bits per heavy atom. The van der Waals surface area contributed by atoms with Gasteiger partial charge in [-0.15, -0.1) is 5.10 Å². The van der Waals surface area contributed by atoms with Crippen molar-refractivity contribution in [2.24, 2.45) is 0 Å². The Labute approximate surface area is 92.9 Å². The van der Waals surface area contributed by atoms with Gasteiger partial charge in [0.05, 0.1) is 0 Å². The Morgan fingerprint density at radius 1 is 1.12 bits per heavy atom. The van der Waals surface area contributed by atoms with Crippen LogP contribution < -0.4 is 10.3 Å². The van der Waals surface area contributed by atoms with E-state index in [2.05, 4.69) is 10.2 Å². The molecule has 0 saturated heterocycles. The number of nitrogens with zero attached hydrogens (tertiary/aromatic N) is 1. The third-order valence-corrected chi connectivity index (χ3v) is 2.27. The van der Waals surface area contributed by atoms with Crippen molar-refractivity contribution >= 4 is 0 Å². The van der Waals surface area contributed by atoms with E-state index in [4.69, 9.17) is 4.74 Å². The maximum Gasteiger partial charge on any atom is 0.264 e. The molecule has 0 atom stereocenters. The normalized spacial score (nSPS) is 10.1. The van der Waals surface area contributed by atoms with Crippen LogP contribution >= 0.6 is 0 Å². The number of aromatic nitrogens is 2. The van der Waals surface area contributed by atoms with Crippen LogP contribution in [0.3, 0.4) is 0 Å². The summed E-state index contributed by atoms with van der Waals surface area (Å²) in [5.41, 5.74) is 1.83. The minimum absolute atomic E-state index is 0.242. The van der Waals surface area contributed by atoms with Crippen LogP contribution in [0, 0.1) is 13.8 Å². The number of para-hydroxylation sites is 1. The summed E-state index contributed by atoms with van der Waals surface area (Å²) in [6.07, 6.45) is 0. The minimum atomic E-state index is -0.242. The fourth-order valence-corrected chi connectivity index (χ4v) is 1.45. The van der Waals surface area contributed by atoms with Crippen LogP contribution in [0.1, 0.15) is 11.1 Å². The van der Waals surface area contributed by atoms with Crippen molar-refractivity contribution < 1.29 is 4.74 Å². The molecule has 1 heterocycles. The average molecular weight is 216 g/mol. The van der Waals surface area contributed by atoms with Crippen LogP contribution in [0.2, 0.25) is 0 Å². The Morgan fingerprint density at radius 2 is 1.81 bits per heavy atom. The van der Waals surface area contributed by atoms with Gasteiger partial charge in [-0.25, -0.2) is 5.10 Å². The lowest BCUT2D eigenvalue weighted by Gasteiger charge is -2.09. The lowest BCUT2D eigenvalue weighted by atomic mass is 10.1. The van der Waals surface area contributed by atoms with Gasteiger partial charge in [-0.3, -0.25) is 4.79 Å². The van der Waals surface area contributed by atoms with Gasteiger partial charge in [-0.05, 0) is 25.0 Å². The van der Waals surface area contributed by atoms with Crippen molar-refractivity contribution in [3.8, 4) is 11.6 Å². The number of hydrogen-bond acceptors (Lipinski definition) is 3. The second kappa shape index (κ2) is 4.18. The van der Waals surface area contributed by atoms with E-state index in [-0.39, 0.29) is 5.56 Å². The van der Waals surface area contributed by atoms with Crippen molar-refractivity contribution in [3.05, 3.63) is 51.8 Å². The molecule has 16 heavy (non-hydrogen) atoms. The van der Waals surface area contributed by atoms with Crippen molar-refractivity contribution in [2.45, 2.75) is 13.8 Å². The first-order chi connectivity index (χ1) is 7.66. The summed E-state index contributed by atoms with van der Waals surface area (Å²) in [7, 11) is 0. The van der Waals surface area contributed by atoms with E-state index < -0.39 is 0 Å². The highest BCUT2D eigenvalue weighted by Crippen LogP contribution is 2.26. The zero-order valence-electron chi connectivity index (χ0n) is 9.15. The molecule has 1 aromatic carbocycles. The van der Waals surface area contributed by atoms with Crippen molar-refractivity contribution in [2.75, 3.05) is 0 Å². The average Bonchev–Trinajstić information content (AvgIpc) is 2.26. The molecule has 0 spiro atoms. The number of aryl methyl sites for hydroxylation is 2. The first kappa shape index (κ1) is 10.4. The largest absolute Gasteiger partial charge is 0.437 e. The van der Waals surface area contributed by atoms with Crippen molar-refractivity contribution in [1.82, 2.24) is 10.2 Å². The van der Waals surface area contributed by atoms with Crippen LogP contribution in [0.15, 0.2) is 35.1 Å². The van der Waals surface area contributed by atoms with Crippen LogP contribution in [0.25, 0.3) is 0 Å². The Balaban J connectivity index is 2.34. The van der Waals surface area contributed by atoms with Gasteiger partial charge in [-0.1, -0.05) is 18.2 Å². The van der Waals surface area contributed by atoms with Crippen LogP contribution in [0.5, 0.6) is 11.6 Å². The maximum atomic E-state index is 10.8. The van der Waals surface area contributed by atoms with E-state index in [1.54, 1.807) is 6.07 Å². The first-order valence-electron chi connectivity index (χ1n) is 4.96. The van der Waals surface area contributed by atoms with E-state index in [1.807, 2.05) is 32.0 Å². The molecule has 82 valence electrons. The van der Waals surface area contributed by atoms with E-state index in [0.29, 0.717) is 5.88 Å². The smallest absolute Gasteiger partial charge is 0.264 e. The molecule has 0 amide bonds. The molecular weight excluding hydrogens is 204 g/mol. The van der Waals surface area contributed by atoms with Gasteiger partial charge in [0, 0.05) is 12.1 Å². The third kappa shape index (κ3) is 2.11. The quantitative estimate of drug-likeness (QED) is 0.837. The van der Waals surface area contributed by atoms with Crippen molar-refractivity contribution in [1.29, 1.82) is 0 Å². The first-order valence-corrected chi connectivity index (χ1v) is 4.96. The van der Waals surface area contributed by atoms with E-state index in [0.717, 1.165) is 16.9 Å². The molecule has 0 unspecified atom stereocenters. The molecule has 0 aliphatic carbocycles. The number of hydrogen-bond donors (Lipinski definition) is 1. The summed E-state index contributed by atoms with van der Waals surface area (Å²) in [4.78, 5) is 10.8. The zero-order valence-corrected chi connectivity index (χ0v) is 9.15. The molecule has 0 aliphatic rings. The highest BCUT2D eigenvalue weighted by Gasteiger charge is 2.05. The highest BCUT2D eigenvalue weighted by molar-refractivity contribution is 5.41. The van der Waals surface area contributed by atoms with Crippen molar-refractivity contribution in [3.63, 3.8) is 0 Å². The van der Waals surface area contributed by atoms with Crippen LogP contribution in [-0.2, 0) is 0 Å². The monoisotopic (exact) mass is 216 g/mol. The van der Waals surface area contributed by atoms with Gasteiger partial charge in [0.15, 0.2) is 0 Å². The predicted molar refractivity (Wildman–Crippen MR) is 60.8 cm³/mol. The predicted octanol–water partition coefficient (Wildman–Crippen LogP) is 2.18. The topological polar surface area (TPSA) is 55.0 Å². The van der Waals surface area contributed by atoms with Gasteiger partial charge in [-0.2, -0.15) is 0 Å². The molecule has 0 fully saturated rings. The van der Waals surface area contributed by atoms with Gasteiger partial charge < -0.3 is 4.74 Å². The fourth-order valence-electron chi connectivity index (χ4n) is 1.45. The number of H-pyrrole nitrogens is 1. The molecule has 4 heteroatoms. The molecule has 2 aromatic rings. The molecule has 1 aromatic heterocycles. The number of benzene rings is 1. The van der Waals surface area contributed by atoms with E-state index in [1.165, 1.54) is 6.07 Å². The molecule has 0 saturated carbocycles. The fraction of sp³-hybridized carbons (Fsp3) is 0.167. The number of aromatic amines is 1. The molecule has 0 aliphatic heterocycles. The van der Waals surface area contributed by atoms with Crippen LogP contribution in [-0.4, -0.2) is 10.2 Å². The molecular formula is C12H12N2O2. The number of nitrogens with one attached hydrogen (secondary N) is 1. The van der Waals surface area contributed by atoms with E-state index >= 15 is 0 Å². The summed E-state index contributed by atoms with van der Waals surface area (Å²) >= 11 is 0. The van der Waals surface area contributed by atoms with Gasteiger partial charge >= 0.3 is 0 Å². The molecule has 0 bridgehead atoms. The SMILES string of the molecule is Cc1cccc(C)c1Oc1ccc(=O)[nH]n1. The highest BCUT2D eigenvalue weighted by atomic mass is 16.5. The summed E-state index contributed by atoms with van der Waals surface area (Å²) in [6, 6.07) is 8.83. The summed E-state index contributed by atoms with van der Waals surface area (Å²) in [5.74, 6) is 1.17. The summed E-state index contributed by atoms with van der Waals surface area (Å²) < 4.78 is 5.61. The second-order valence-corrected chi connectivity index (χ2v) is 3.58. The summed E-state index contributed by atoms with van der Waals surface area (Å²) in [5, 5.41) is 6.12.